The molecule has 1 aromatic rings. The molecule has 0 unspecified atom stereocenters. The summed E-state index contributed by atoms with van der Waals surface area (Å²) < 4.78 is 5.12. The maximum Gasteiger partial charge on any atom is 0.407 e. The Labute approximate surface area is 113 Å². The second kappa shape index (κ2) is 7.14. The van der Waals surface area contributed by atoms with Crippen molar-refractivity contribution in [2.45, 2.75) is 38.4 Å². The first-order chi connectivity index (χ1) is 9.25. The first-order valence-corrected chi connectivity index (χ1v) is 6.88. The van der Waals surface area contributed by atoms with Crippen molar-refractivity contribution in [3.05, 3.63) is 35.9 Å². The van der Waals surface area contributed by atoms with Crippen LogP contribution in [0.1, 0.15) is 31.2 Å². The number of rotatable bonds is 4. The molecule has 1 aliphatic rings. The highest BCUT2D eigenvalue weighted by Gasteiger charge is 2.23. The van der Waals surface area contributed by atoms with Crippen LogP contribution in [0.2, 0.25) is 0 Å². The molecule has 1 aliphatic carbocycles. The number of alkyl carbamates (subject to hydrolysis) is 1. The van der Waals surface area contributed by atoms with Gasteiger partial charge in [-0.05, 0) is 18.4 Å². The van der Waals surface area contributed by atoms with Gasteiger partial charge in [-0.3, -0.25) is 0 Å². The Balaban J connectivity index is 1.67. The summed E-state index contributed by atoms with van der Waals surface area (Å²) >= 11 is 0. The predicted molar refractivity (Wildman–Crippen MR) is 72.6 cm³/mol. The number of amides is 1. The van der Waals surface area contributed by atoms with Gasteiger partial charge in [0.2, 0.25) is 0 Å². The van der Waals surface area contributed by atoms with Crippen molar-refractivity contribution in [3.8, 4) is 0 Å². The lowest BCUT2D eigenvalue weighted by Crippen LogP contribution is -2.36. The molecular weight excluding hydrogens is 242 g/mol. The standard InChI is InChI=1S/C15H21NO3/c17-14-9-5-4-8-13(14)10-16-15(18)19-11-12-6-2-1-3-7-12/h1-3,6-7,13-14,17H,4-5,8-11H2,(H,16,18)/t13-,14-/m1/s1. The first kappa shape index (κ1) is 13.9. The minimum absolute atomic E-state index is 0.165. The largest absolute Gasteiger partial charge is 0.445 e. The predicted octanol–water partition coefficient (Wildman–Crippen LogP) is 2.46. The van der Waals surface area contributed by atoms with E-state index in [4.69, 9.17) is 4.74 Å². The Hall–Kier alpha value is -1.55. The van der Waals surface area contributed by atoms with Crippen molar-refractivity contribution in [1.29, 1.82) is 0 Å². The lowest BCUT2D eigenvalue weighted by Gasteiger charge is -2.27. The molecule has 1 fully saturated rings. The van der Waals surface area contributed by atoms with Crippen LogP contribution in [-0.2, 0) is 11.3 Å². The fraction of sp³-hybridized carbons (Fsp3) is 0.533. The third-order valence-corrected chi connectivity index (χ3v) is 3.59. The third kappa shape index (κ3) is 4.56. The number of ether oxygens (including phenoxy) is 1. The van der Waals surface area contributed by atoms with Crippen LogP contribution in [0.15, 0.2) is 30.3 Å². The van der Waals surface area contributed by atoms with E-state index in [0.29, 0.717) is 6.54 Å². The van der Waals surface area contributed by atoms with Crippen LogP contribution in [-0.4, -0.2) is 23.8 Å². The van der Waals surface area contributed by atoms with Crippen LogP contribution in [0.4, 0.5) is 4.79 Å². The average Bonchev–Trinajstić information content (AvgIpc) is 2.45. The Morgan fingerprint density at radius 1 is 1.26 bits per heavy atom. The van der Waals surface area contributed by atoms with Crippen molar-refractivity contribution in [3.63, 3.8) is 0 Å². The average molecular weight is 263 g/mol. The summed E-state index contributed by atoms with van der Waals surface area (Å²) in [6.45, 7) is 0.773. The van der Waals surface area contributed by atoms with E-state index in [9.17, 15) is 9.90 Å². The molecule has 0 aliphatic heterocycles. The van der Waals surface area contributed by atoms with E-state index in [-0.39, 0.29) is 18.6 Å². The fourth-order valence-corrected chi connectivity index (χ4v) is 2.41. The number of aliphatic hydroxyl groups is 1. The van der Waals surface area contributed by atoms with Crippen molar-refractivity contribution >= 4 is 6.09 Å². The molecule has 1 aromatic carbocycles. The summed E-state index contributed by atoms with van der Waals surface area (Å²) in [5.74, 6) is 0.165. The van der Waals surface area contributed by atoms with E-state index in [1.807, 2.05) is 30.3 Å². The van der Waals surface area contributed by atoms with E-state index in [1.165, 1.54) is 0 Å². The lowest BCUT2D eigenvalue weighted by atomic mass is 9.86. The molecule has 4 nitrogen and oxygen atoms in total. The summed E-state index contributed by atoms with van der Waals surface area (Å²) in [6.07, 6.45) is 3.31. The summed E-state index contributed by atoms with van der Waals surface area (Å²) in [5, 5.41) is 12.5. The summed E-state index contributed by atoms with van der Waals surface area (Å²) in [4.78, 5) is 11.6. The van der Waals surface area contributed by atoms with Crippen molar-refractivity contribution in [2.75, 3.05) is 6.54 Å². The van der Waals surface area contributed by atoms with Gasteiger partial charge in [0.15, 0.2) is 0 Å². The minimum Gasteiger partial charge on any atom is -0.445 e. The Bertz CT molecular complexity index is 394. The van der Waals surface area contributed by atoms with Crippen LogP contribution in [0.3, 0.4) is 0 Å². The lowest BCUT2D eigenvalue weighted by molar-refractivity contribution is 0.0673. The molecule has 19 heavy (non-hydrogen) atoms. The molecule has 1 saturated carbocycles. The monoisotopic (exact) mass is 263 g/mol. The number of carbonyl (C=O) groups is 1. The molecule has 4 heteroatoms. The van der Waals surface area contributed by atoms with Crippen molar-refractivity contribution in [1.82, 2.24) is 5.32 Å². The van der Waals surface area contributed by atoms with Gasteiger partial charge in [-0.25, -0.2) is 4.79 Å². The molecule has 2 rings (SSSR count). The van der Waals surface area contributed by atoms with Gasteiger partial charge in [-0.1, -0.05) is 43.2 Å². The van der Waals surface area contributed by atoms with Gasteiger partial charge in [0.05, 0.1) is 6.10 Å². The van der Waals surface area contributed by atoms with Gasteiger partial charge in [-0.15, -0.1) is 0 Å². The fourth-order valence-electron chi connectivity index (χ4n) is 2.41. The maximum absolute atomic E-state index is 11.6. The van der Waals surface area contributed by atoms with Crippen molar-refractivity contribution < 1.29 is 14.6 Å². The second-order valence-electron chi connectivity index (χ2n) is 5.05. The summed E-state index contributed by atoms with van der Waals surface area (Å²) in [6, 6.07) is 9.58. The molecule has 0 heterocycles. The zero-order valence-electron chi connectivity index (χ0n) is 11.0. The van der Waals surface area contributed by atoms with Gasteiger partial charge in [0.1, 0.15) is 6.61 Å². The summed E-state index contributed by atoms with van der Waals surface area (Å²) in [7, 11) is 0. The maximum atomic E-state index is 11.6. The number of nitrogens with one attached hydrogen (secondary N) is 1. The van der Waals surface area contributed by atoms with Crippen LogP contribution in [0.5, 0.6) is 0 Å². The number of benzene rings is 1. The van der Waals surface area contributed by atoms with Crippen LogP contribution >= 0.6 is 0 Å². The Kier molecular flexibility index (Phi) is 5.21. The Morgan fingerprint density at radius 2 is 2.00 bits per heavy atom. The second-order valence-corrected chi connectivity index (χ2v) is 5.05. The molecular formula is C15H21NO3. The quantitative estimate of drug-likeness (QED) is 0.877. The van der Waals surface area contributed by atoms with Crippen LogP contribution in [0, 0.1) is 5.92 Å². The van der Waals surface area contributed by atoms with Crippen molar-refractivity contribution in [2.24, 2.45) is 5.92 Å². The van der Waals surface area contributed by atoms with E-state index >= 15 is 0 Å². The molecule has 0 spiro atoms. The highest BCUT2D eigenvalue weighted by molar-refractivity contribution is 5.67. The van der Waals surface area contributed by atoms with Gasteiger partial charge >= 0.3 is 6.09 Å². The molecule has 0 radical (unpaired) electrons. The molecule has 2 atom stereocenters. The van der Waals surface area contributed by atoms with Crippen LogP contribution < -0.4 is 5.32 Å². The highest BCUT2D eigenvalue weighted by atomic mass is 16.5. The third-order valence-electron chi connectivity index (χ3n) is 3.59. The Morgan fingerprint density at radius 3 is 2.74 bits per heavy atom. The van der Waals surface area contributed by atoms with Gasteiger partial charge in [0.25, 0.3) is 0 Å². The number of hydrogen-bond acceptors (Lipinski definition) is 3. The molecule has 0 bridgehead atoms. The van der Waals surface area contributed by atoms with E-state index in [2.05, 4.69) is 5.32 Å². The topological polar surface area (TPSA) is 58.6 Å². The normalized spacial score (nSPS) is 22.8. The van der Waals surface area contributed by atoms with Crippen LogP contribution in [0.25, 0.3) is 0 Å². The molecule has 2 N–H and O–H groups in total. The van der Waals surface area contributed by atoms with Gasteiger partial charge in [-0.2, -0.15) is 0 Å². The minimum atomic E-state index is -0.415. The molecule has 0 saturated heterocycles. The SMILES string of the molecule is O=C(NC[C@H]1CCCC[C@H]1O)OCc1ccccc1. The number of carbonyl (C=O) groups excluding carboxylic acids is 1. The zero-order chi connectivity index (χ0) is 13.5. The van der Waals surface area contributed by atoms with E-state index in [0.717, 1.165) is 31.2 Å². The highest BCUT2D eigenvalue weighted by Crippen LogP contribution is 2.23. The van der Waals surface area contributed by atoms with Gasteiger partial charge in [0, 0.05) is 12.5 Å². The molecule has 104 valence electrons. The number of aliphatic hydroxyl groups excluding tert-OH is 1. The summed E-state index contributed by atoms with van der Waals surface area (Å²) in [5.41, 5.74) is 0.968. The van der Waals surface area contributed by atoms with E-state index < -0.39 is 6.09 Å². The van der Waals surface area contributed by atoms with Gasteiger partial charge < -0.3 is 15.2 Å². The van der Waals surface area contributed by atoms with E-state index in [1.54, 1.807) is 0 Å². The molecule has 0 aromatic heterocycles. The molecule has 1 amide bonds. The zero-order valence-corrected chi connectivity index (χ0v) is 11.0. The number of hydrogen-bond donors (Lipinski definition) is 2. The first-order valence-electron chi connectivity index (χ1n) is 6.88. The smallest absolute Gasteiger partial charge is 0.407 e.